The van der Waals surface area contributed by atoms with Gasteiger partial charge in [-0.1, -0.05) is 20.8 Å². The molecular formula is C13H24N2O4. The number of amides is 1. The first-order valence-electron chi connectivity index (χ1n) is 6.80. The molecule has 1 aliphatic rings. The fourth-order valence-electron chi connectivity index (χ4n) is 2.20. The summed E-state index contributed by atoms with van der Waals surface area (Å²) in [5.41, 5.74) is 0. The number of nitrogens with zero attached hydrogens (tertiary/aromatic N) is 1. The minimum Gasteiger partial charge on any atom is -0.481 e. The van der Waals surface area contributed by atoms with Crippen molar-refractivity contribution < 1.29 is 19.4 Å². The molecule has 0 aromatic rings. The third-order valence-corrected chi connectivity index (χ3v) is 3.21. The van der Waals surface area contributed by atoms with E-state index in [1.54, 1.807) is 4.90 Å². The lowest BCUT2D eigenvalue weighted by molar-refractivity contribution is -0.145. The van der Waals surface area contributed by atoms with Gasteiger partial charge in [0.15, 0.2) is 0 Å². The summed E-state index contributed by atoms with van der Waals surface area (Å²) in [6.45, 7) is 7.21. The molecule has 19 heavy (non-hydrogen) atoms. The molecule has 0 bridgehead atoms. The quantitative estimate of drug-likeness (QED) is 0.698. The highest BCUT2D eigenvalue weighted by atomic mass is 16.5. The minimum atomic E-state index is -0.895. The van der Waals surface area contributed by atoms with Gasteiger partial charge in [0.25, 0.3) is 0 Å². The van der Waals surface area contributed by atoms with Crippen LogP contribution in [-0.4, -0.2) is 60.3 Å². The van der Waals surface area contributed by atoms with Crippen molar-refractivity contribution in [3.05, 3.63) is 0 Å². The normalized spacial score (nSPS) is 22.7. The molecule has 6 heteroatoms. The van der Waals surface area contributed by atoms with Gasteiger partial charge in [-0.05, 0) is 6.42 Å². The molecule has 1 rings (SSSR count). The van der Waals surface area contributed by atoms with Gasteiger partial charge in [0.05, 0.1) is 25.8 Å². The van der Waals surface area contributed by atoms with Crippen LogP contribution in [0.4, 0.5) is 0 Å². The Hall–Kier alpha value is -1.14. The number of nitrogens with one attached hydrogen (secondary N) is 1. The number of carboxylic acids is 1. The summed E-state index contributed by atoms with van der Waals surface area (Å²) in [5, 5.41) is 12.2. The lowest BCUT2D eigenvalue weighted by Crippen LogP contribution is -2.50. The lowest BCUT2D eigenvalue weighted by atomic mass is 10.0. The van der Waals surface area contributed by atoms with Crippen LogP contribution in [0, 0.1) is 5.92 Å². The predicted molar refractivity (Wildman–Crippen MR) is 70.9 cm³/mol. The highest BCUT2D eigenvalue weighted by molar-refractivity contribution is 5.80. The Morgan fingerprint density at radius 1 is 1.42 bits per heavy atom. The number of ether oxygens (including phenoxy) is 1. The molecule has 1 heterocycles. The summed E-state index contributed by atoms with van der Waals surface area (Å²) in [5.74, 6) is -1.57. The molecule has 0 aromatic heterocycles. The van der Waals surface area contributed by atoms with Crippen molar-refractivity contribution in [3.63, 3.8) is 0 Å². The smallest absolute Gasteiger partial charge is 0.311 e. The Labute approximate surface area is 114 Å². The van der Waals surface area contributed by atoms with E-state index in [1.165, 1.54) is 0 Å². The average molecular weight is 272 g/mol. The van der Waals surface area contributed by atoms with Crippen molar-refractivity contribution in [2.24, 2.45) is 5.92 Å². The molecule has 0 aliphatic carbocycles. The van der Waals surface area contributed by atoms with E-state index >= 15 is 0 Å². The first-order chi connectivity index (χ1) is 8.97. The minimum absolute atomic E-state index is 0.0581. The van der Waals surface area contributed by atoms with E-state index in [9.17, 15) is 9.59 Å². The van der Waals surface area contributed by atoms with Crippen LogP contribution in [0.1, 0.15) is 27.2 Å². The standard InChI is InChI=1S/C13H24N2O4/c1-4-5-15(12(16)6-14-9(2)3)11-8-19-7-10(11)13(17)18/h9-11,14H,4-8H2,1-3H3,(H,17,18). The third-order valence-electron chi connectivity index (χ3n) is 3.21. The number of hydrogen-bond donors (Lipinski definition) is 2. The van der Waals surface area contributed by atoms with Crippen molar-refractivity contribution in [3.8, 4) is 0 Å². The van der Waals surface area contributed by atoms with Gasteiger partial charge in [0, 0.05) is 12.6 Å². The Morgan fingerprint density at radius 3 is 2.63 bits per heavy atom. The number of rotatable bonds is 7. The molecule has 1 fully saturated rings. The molecule has 0 spiro atoms. The van der Waals surface area contributed by atoms with E-state index in [1.807, 2.05) is 20.8 Å². The Morgan fingerprint density at radius 2 is 2.11 bits per heavy atom. The zero-order valence-electron chi connectivity index (χ0n) is 11.9. The summed E-state index contributed by atoms with van der Waals surface area (Å²) < 4.78 is 5.24. The van der Waals surface area contributed by atoms with Crippen LogP contribution in [0.25, 0.3) is 0 Å². The molecule has 2 unspecified atom stereocenters. The molecule has 110 valence electrons. The van der Waals surface area contributed by atoms with E-state index < -0.39 is 11.9 Å². The maximum absolute atomic E-state index is 12.2. The molecule has 2 N–H and O–H groups in total. The van der Waals surface area contributed by atoms with Crippen LogP contribution in [0.5, 0.6) is 0 Å². The molecule has 0 aromatic carbocycles. The fourth-order valence-corrected chi connectivity index (χ4v) is 2.20. The van der Waals surface area contributed by atoms with Gasteiger partial charge in [-0.25, -0.2) is 0 Å². The van der Waals surface area contributed by atoms with E-state index in [2.05, 4.69) is 5.32 Å². The Kier molecular flexibility index (Phi) is 6.24. The maximum atomic E-state index is 12.2. The van der Waals surface area contributed by atoms with Crippen LogP contribution in [0.3, 0.4) is 0 Å². The zero-order valence-corrected chi connectivity index (χ0v) is 11.9. The van der Waals surface area contributed by atoms with Gasteiger partial charge in [-0.15, -0.1) is 0 Å². The van der Waals surface area contributed by atoms with Crippen LogP contribution < -0.4 is 5.32 Å². The molecular weight excluding hydrogens is 248 g/mol. The topological polar surface area (TPSA) is 78.9 Å². The van der Waals surface area contributed by atoms with Crippen LogP contribution in [-0.2, 0) is 14.3 Å². The highest BCUT2D eigenvalue weighted by Crippen LogP contribution is 2.20. The molecule has 0 radical (unpaired) electrons. The van der Waals surface area contributed by atoms with E-state index in [0.29, 0.717) is 13.2 Å². The summed E-state index contributed by atoms with van der Waals surface area (Å²) in [7, 11) is 0. The summed E-state index contributed by atoms with van der Waals surface area (Å²) in [6.07, 6.45) is 0.802. The third kappa shape index (κ3) is 4.47. The number of carboxylic acid groups (broad SMARTS) is 1. The van der Waals surface area contributed by atoms with Crippen molar-refractivity contribution >= 4 is 11.9 Å². The summed E-state index contributed by atoms with van der Waals surface area (Å²) in [4.78, 5) is 25.0. The van der Waals surface area contributed by atoms with Gasteiger partial charge < -0.3 is 20.1 Å². The maximum Gasteiger partial charge on any atom is 0.311 e. The second-order valence-electron chi connectivity index (χ2n) is 5.17. The van der Waals surface area contributed by atoms with Gasteiger partial charge in [-0.3, -0.25) is 9.59 Å². The molecule has 1 saturated heterocycles. The zero-order chi connectivity index (χ0) is 14.4. The molecule has 6 nitrogen and oxygen atoms in total. The Bertz CT molecular complexity index is 320. The predicted octanol–water partition coefficient (Wildman–Crippen LogP) is 0.323. The van der Waals surface area contributed by atoms with Crippen molar-refractivity contribution in [1.82, 2.24) is 10.2 Å². The number of hydrogen-bond acceptors (Lipinski definition) is 4. The van der Waals surface area contributed by atoms with Crippen LogP contribution in [0.2, 0.25) is 0 Å². The lowest BCUT2D eigenvalue weighted by Gasteiger charge is -2.30. The van der Waals surface area contributed by atoms with Crippen LogP contribution >= 0.6 is 0 Å². The van der Waals surface area contributed by atoms with E-state index in [0.717, 1.165) is 6.42 Å². The molecule has 1 amide bonds. The second kappa shape index (κ2) is 7.45. The van der Waals surface area contributed by atoms with Crippen molar-refractivity contribution in [1.29, 1.82) is 0 Å². The molecule has 2 atom stereocenters. The largest absolute Gasteiger partial charge is 0.481 e. The van der Waals surface area contributed by atoms with Crippen molar-refractivity contribution in [2.45, 2.75) is 39.3 Å². The van der Waals surface area contributed by atoms with Crippen molar-refractivity contribution in [2.75, 3.05) is 26.3 Å². The van der Waals surface area contributed by atoms with Gasteiger partial charge in [-0.2, -0.15) is 0 Å². The highest BCUT2D eigenvalue weighted by Gasteiger charge is 2.39. The first-order valence-corrected chi connectivity index (χ1v) is 6.80. The van der Waals surface area contributed by atoms with Gasteiger partial charge >= 0.3 is 5.97 Å². The summed E-state index contributed by atoms with van der Waals surface area (Å²) in [6, 6.07) is -0.124. The van der Waals surface area contributed by atoms with E-state index in [-0.39, 0.29) is 31.1 Å². The summed E-state index contributed by atoms with van der Waals surface area (Å²) >= 11 is 0. The Balaban J connectivity index is 2.70. The number of carbonyl (C=O) groups is 2. The van der Waals surface area contributed by atoms with E-state index in [4.69, 9.17) is 9.84 Å². The SMILES string of the molecule is CCCN(C(=O)CNC(C)C)C1COCC1C(=O)O. The van der Waals surface area contributed by atoms with Gasteiger partial charge in [0.2, 0.25) is 5.91 Å². The molecule has 1 aliphatic heterocycles. The monoisotopic (exact) mass is 272 g/mol. The van der Waals surface area contributed by atoms with Crippen LogP contribution in [0.15, 0.2) is 0 Å². The average Bonchev–Trinajstić information content (AvgIpc) is 2.81. The molecule has 0 saturated carbocycles. The second-order valence-corrected chi connectivity index (χ2v) is 5.17. The number of aliphatic carboxylic acids is 1. The first kappa shape index (κ1) is 15.9. The fraction of sp³-hybridized carbons (Fsp3) is 0.846. The number of carbonyl (C=O) groups excluding carboxylic acids is 1. The van der Waals surface area contributed by atoms with Gasteiger partial charge in [0.1, 0.15) is 5.92 Å².